The van der Waals surface area contributed by atoms with Gasteiger partial charge < -0.3 is 10.1 Å². The Labute approximate surface area is 175 Å². The first kappa shape index (κ1) is 19.9. The van der Waals surface area contributed by atoms with Crippen molar-refractivity contribution in [1.82, 2.24) is 15.2 Å². The minimum absolute atomic E-state index is 0.106. The molecule has 4 rings (SSSR count). The van der Waals surface area contributed by atoms with E-state index in [0.717, 1.165) is 36.3 Å². The van der Waals surface area contributed by atoms with Gasteiger partial charge in [0, 0.05) is 17.5 Å². The maximum absolute atomic E-state index is 12.7. The van der Waals surface area contributed by atoms with Crippen molar-refractivity contribution in [2.45, 2.75) is 70.2 Å². The van der Waals surface area contributed by atoms with Gasteiger partial charge in [0.25, 0.3) is 5.91 Å². The predicted octanol–water partition coefficient (Wildman–Crippen LogP) is 4.46. The quantitative estimate of drug-likeness (QED) is 0.803. The van der Waals surface area contributed by atoms with Crippen LogP contribution in [0.5, 0.6) is 0 Å². The van der Waals surface area contributed by atoms with Crippen LogP contribution in [0.4, 0.5) is 4.79 Å². The molecular formula is C22H27N3O3S. The summed E-state index contributed by atoms with van der Waals surface area (Å²) in [6, 6.07) is 10.2. The van der Waals surface area contributed by atoms with E-state index >= 15 is 0 Å². The number of rotatable bonds is 4. The number of thiazole rings is 1. The lowest BCUT2D eigenvalue weighted by molar-refractivity contribution is 0.0663. The first-order valence-corrected chi connectivity index (χ1v) is 11.0. The zero-order valence-corrected chi connectivity index (χ0v) is 17.9. The standard InChI is InChI=1S/C22H27N3O3S/c1-14-23-18(13-29-14)20(26)24-16-9-11-17(12-10-16)25-19(15-7-5-4-6-8-15)22(2,3)28-21(25)27/h4-8,13,16-17,19H,9-12H2,1-3H3,(H,24,26). The van der Waals surface area contributed by atoms with E-state index in [0.29, 0.717) is 5.69 Å². The Bertz CT molecular complexity index is 888. The summed E-state index contributed by atoms with van der Waals surface area (Å²) in [6.07, 6.45) is 3.12. The number of ether oxygens (including phenoxy) is 1. The molecule has 2 heterocycles. The molecule has 1 N–H and O–H groups in total. The van der Waals surface area contributed by atoms with Crippen LogP contribution in [-0.2, 0) is 4.74 Å². The Hall–Kier alpha value is -2.41. The van der Waals surface area contributed by atoms with Gasteiger partial charge in [0.05, 0.1) is 11.0 Å². The van der Waals surface area contributed by atoms with Gasteiger partial charge in [0.2, 0.25) is 0 Å². The smallest absolute Gasteiger partial charge is 0.411 e. The third-order valence-corrected chi connectivity index (χ3v) is 6.66. The fraction of sp³-hybridized carbons (Fsp3) is 0.500. The second kappa shape index (κ2) is 7.78. The summed E-state index contributed by atoms with van der Waals surface area (Å²) in [6.45, 7) is 5.85. The number of carbonyl (C=O) groups is 2. The molecule has 2 aliphatic rings. The highest BCUT2D eigenvalue weighted by Gasteiger charge is 2.51. The Kier molecular flexibility index (Phi) is 5.34. The molecule has 1 saturated carbocycles. The third kappa shape index (κ3) is 4.01. The molecule has 1 aromatic carbocycles. The molecule has 29 heavy (non-hydrogen) atoms. The first-order chi connectivity index (χ1) is 13.8. The molecule has 2 fully saturated rings. The van der Waals surface area contributed by atoms with Crippen molar-refractivity contribution in [3.8, 4) is 0 Å². The van der Waals surface area contributed by atoms with Crippen molar-refractivity contribution in [1.29, 1.82) is 0 Å². The highest BCUT2D eigenvalue weighted by atomic mass is 32.1. The minimum atomic E-state index is -0.577. The average molecular weight is 414 g/mol. The molecule has 1 atom stereocenters. The fourth-order valence-corrected chi connectivity index (χ4v) is 5.15. The molecule has 1 aliphatic heterocycles. The molecule has 7 heteroatoms. The zero-order chi connectivity index (χ0) is 20.6. The molecule has 1 aromatic heterocycles. The summed E-state index contributed by atoms with van der Waals surface area (Å²) in [7, 11) is 0. The second-order valence-corrected chi connectivity index (χ2v) is 9.48. The minimum Gasteiger partial charge on any atom is -0.441 e. The maximum Gasteiger partial charge on any atom is 0.411 e. The molecule has 0 bridgehead atoms. The molecule has 154 valence electrons. The van der Waals surface area contributed by atoms with Crippen LogP contribution < -0.4 is 5.32 Å². The Morgan fingerprint density at radius 3 is 2.52 bits per heavy atom. The van der Waals surface area contributed by atoms with E-state index in [-0.39, 0.29) is 30.1 Å². The number of aryl methyl sites for hydroxylation is 1. The van der Waals surface area contributed by atoms with Gasteiger partial charge in [-0.1, -0.05) is 30.3 Å². The van der Waals surface area contributed by atoms with E-state index in [1.807, 2.05) is 43.9 Å². The van der Waals surface area contributed by atoms with Crippen LogP contribution in [0, 0.1) is 6.92 Å². The number of hydrogen-bond donors (Lipinski definition) is 1. The van der Waals surface area contributed by atoms with Crippen molar-refractivity contribution in [2.24, 2.45) is 0 Å². The normalized spacial score (nSPS) is 26.2. The number of benzene rings is 1. The lowest BCUT2D eigenvalue weighted by Crippen LogP contribution is -2.46. The third-order valence-electron chi connectivity index (χ3n) is 5.89. The van der Waals surface area contributed by atoms with Crippen molar-refractivity contribution >= 4 is 23.3 Å². The molecule has 1 aliphatic carbocycles. The van der Waals surface area contributed by atoms with Gasteiger partial charge in [0.15, 0.2) is 0 Å². The van der Waals surface area contributed by atoms with Crippen LogP contribution in [-0.4, -0.2) is 39.6 Å². The van der Waals surface area contributed by atoms with E-state index in [1.165, 1.54) is 11.3 Å². The number of aromatic nitrogens is 1. The van der Waals surface area contributed by atoms with Crippen LogP contribution in [0.1, 0.15) is 66.6 Å². The van der Waals surface area contributed by atoms with Crippen LogP contribution in [0.15, 0.2) is 35.7 Å². The average Bonchev–Trinajstić information content (AvgIpc) is 3.23. The molecule has 6 nitrogen and oxygen atoms in total. The molecular weight excluding hydrogens is 386 g/mol. The Morgan fingerprint density at radius 2 is 1.90 bits per heavy atom. The van der Waals surface area contributed by atoms with Crippen molar-refractivity contribution in [2.75, 3.05) is 0 Å². The number of cyclic esters (lactones) is 1. The summed E-state index contributed by atoms with van der Waals surface area (Å²) in [5, 5.41) is 5.79. The van der Waals surface area contributed by atoms with Crippen molar-refractivity contribution < 1.29 is 14.3 Å². The monoisotopic (exact) mass is 413 g/mol. The number of nitrogens with one attached hydrogen (secondary N) is 1. The Morgan fingerprint density at radius 1 is 1.21 bits per heavy atom. The second-order valence-electron chi connectivity index (χ2n) is 8.42. The summed E-state index contributed by atoms with van der Waals surface area (Å²) in [5.41, 5.74) is 1.01. The summed E-state index contributed by atoms with van der Waals surface area (Å²) >= 11 is 1.48. The van der Waals surface area contributed by atoms with E-state index in [4.69, 9.17) is 4.74 Å². The van der Waals surface area contributed by atoms with E-state index in [9.17, 15) is 9.59 Å². The van der Waals surface area contributed by atoms with Gasteiger partial charge in [-0.05, 0) is 52.0 Å². The predicted molar refractivity (Wildman–Crippen MR) is 112 cm³/mol. The van der Waals surface area contributed by atoms with Crippen LogP contribution in [0.3, 0.4) is 0 Å². The van der Waals surface area contributed by atoms with Gasteiger partial charge in [-0.15, -0.1) is 11.3 Å². The van der Waals surface area contributed by atoms with E-state index in [2.05, 4.69) is 22.4 Å². The molecule has 1 unspecified atom stereocenters. The van der Waals surface area contributed by atoms with Crippen LogP contribution >= 0.6 is 11.3 Å². The van der Waals surface area contributed by atoms with E-state index < -0.39 is 5.60 Å². The number of carbonyl (C=O) groups excluding carboxylic acids is 2. The Balaban J connectivity index is 1.43. The summed E-state index contributed by atoms with van der Waals surface area (Å²) < 4.78 is 5.74. The molecule has 0 spiro atoms. The molecule has 0 radical (unpaired) electrons. The van der Waals surface area contributed by atoms with Gasteiger partial charge in [0.1, 0.15) is 11.3 Å². The van der Waals surface area contributed by atoms with Gasteiger partial charge in [-0.3, -0.25) is 9.69 Å². The zero-order valence-electron chi connectivity index (χ0n) is 17.1. The van der Waals surface area contributed by atoms with Gasteiger partial charge >= 0.3 is 6.09 Å². The van der Waals surface area contributed by atoms with Crippen LogP contribution in [0.25, 0.3) is 0 Å². The lowest BCUT2D eigenvalue weighted by Gasteiger charge is -2.38. The van der Waals surface area contributed by atoms with Gasteiger partial charge in [-0.2, -0.15) is 0 Å². The van der Waals surface area contributed by atoms with E-state index in [1.54, 1.807) is 5.38 Å². The van der Waals surface area contributed by atoms with Gasteiger partial charge in [-0.25, -0.2) is 9.78 Å². The SMILES string of the molecule is Cc1nc(C(=O)NC2CCC(N3C(=O)OC(C)(C)C3c3ccccc3)CC2)cs1. The highest BCUT2D eigenvalue weighted by Crippen LogP contribution is 2.44. The highest BCUT2D eigenvalue weighted by molar-refractivity contribution is 7.09. The van der Waals surface area contributed by atoms with Crippen molar-refractivity contribution in [3.05, 3.63) is 52.0 Å². The number of amides is 2. The van der Waals surface area contributed by atoms with Crippen LogP contribution in [0.2, 0.25) is 0 Å². The largest absolute Gasteiger partial charge is 0.441 e. The maximum atomic E-state index is 12.7. The summed E-state index contributed by atoms with van der Waals surface area (Å²) in [4.78, 5) is 31.3. The molecule has 2 amide bonds. The molecule has 1 saturated heterocycles. The first-order valence-electron chi connectivity index (χ1n) is 10.1. The van der Waals surface area contributed by atoms with Crippen molar-refractivity contribution in [3.63, 3.8) is 0 Å². The fourth-order valence-electron chi connectivity index (χ4n) is 4.56. The number of nitrogens with zero attached hydrogens (tertiary/aromatic N) is 2. The molecule has 2 aromatic rings. The summed E-state index contributed by atoms with van der Waals surface area (Å²) in [5.74, 6) is -0.110. The lowest BCUT2D eigenvalue weighted by atomic mass is 9.86. The topological polar surface area (TPSA) is 71.5 Å². The number of hydrogen-bond acceptors (Lipinski definition) is 5.